The van der Waals surface area contributed by atoms with Crippen molar-refractivity contribution in [2.45, 2.75) is 26.0 Å². The van der Waals surface area contributed by atoms with Crippen LogP contribution in [0.3, 0.4) is 0 Å². The lowest BCUT2D eigenvalue weighted by Crippen LogP contribution is -2.30. The number of carbonyl (C=O) groups excluding carboxylic acids is 1. The molecule has 1 aromatic heterocycles. The van der Waals surface area contributed by atoms with Gasteiger partial charge in [0.05, 0.1) is 38.4 Å². The van der Waals surface area contributed by atoms with Crippen molar-refractivity contribution in [1.82, 2.24) is 4.57 Å². The molecule has 0 amide bonds. The Morgan fingerprint density at radius 3 is 2.65 bits per heavy atom. The minimum Gasteiger partial charge on any atom is -0.497 e. The minimum absolute atomic E-state index is 0.228. The first-order valence-corrected chi connectivity index (χ1v) is 8.62. The summed E-state index contributed by atoms with van der Waals surface area (Å²) in [5.74, 6) is 1.37. The van der Waals surface area contributed by atoms with E-state index in [0.717, 1.165) is 28.3 Å². The average Bonchev–Trinajstić information content (AvgIpc) is 2.95. The van der Waals surface area contributed by atoms with E-state index in [4.69, 9.17) is 14.2 Å². The summed E-state index contributed by atoms with van der Waals surface area (Å²) in [7, 11) is 3.07. The number of methoxy groups -OCH3 is 2. The Bertz CT molecular complexity index is 972. The summed E-state index contributed by atoms with van der Waals surface area (Å²) < 4.78 is 18.4. The summed E-state index contributed by atoms with van der Waals surface area (Å²) in [5, 5.41) is 1.17. The molecule has 0 bridgehead atoms. The standard InChI is InChI=1S/C21H21NO4/c1-13-17-5-4-6-18-21(17)22(12-16(26-18)11-19(23)25-3)20(13)14-7-9-15(24-2)10-8-14/h4-10,16H,11-12H2,1-3H3. The molecule has 0 fully saturated rings. The monoisotopic (exact) mass is 351 g/mol. The van der Waals surface area contributed by atoms with Crippen LogP contribution in [0, 0.1) is 6.92 Å². The van der Waals surface area contributed by atoms with E-state index >= 15 is 0 Å². The zero-order valence-corrected chi connectivity index (χ0v) is 15.1. The van der Waals surface area contributed by atoms with Crippen LogP contribution in [0.15, 0.2) is 42.5 Å². The van der Waals surface area contributed by atoms with Crippen LogP contribution in [0.1, 0.15) is 12.0 Å². The molecule has 0 saturated heterocycles. The van der Waals surface area contributed by atoms with Gasteiger partial charge in [-0.25, -0.2) is 0 Å². The second kappa shape index (κ2) is 6.41. The maximum atomic E-state index is 11.7. The van der Waals surface area contributed by atoms with Gasteiger partial charge >= 0.3 is 5.97 Å². The van der Waals surface area contributed by atoms with Crippen molar-refractivity contribution in [2.75, 3.05) is 14.2 Å². The Labute approximate surface area is 152 Å². The van der Waals surface area contributed by atoms with Gasteiger partial charge in [0.15, 0.2) is 0 Å². The Morgan fingerprint density at radius 2 is 1.96 bits per heavy atom. The molecule has 0 spiro atoms. The molecule has 2 aromatic carbocycles. The third-order valence-corrected chi connectivity index (χ3v) is 4.96. The van der Waals surface area contributed by atoms with Gasteiger partial charge in [0, 0.05) is 5.39 Å². The lowest BCUT2D eigenvalue weighted by atomic mass is 10.1. The molecule has 4 rings (SSSR count). The Kier molecular flexibility index (Phi) is 4.07. The normalized spacial score (nSPS) is 15.6. The third kappa shape index (κ3) is 2.60. The minimum atomic E-state index is -0.263. The molecule has 5 heteroatoms. The van der Waals surface area contributed by atoms with Crippen LogP contribution in [-0.4, -0.2) is 30.9 Å². The van der Waals surface area contributed by atoms with Gasteiger partial charge in [0.2, 0.25) is 0 Å². The van der Waals surface area contributed by atoms with Crippen molar-refractivity contribution in [1.29, 1.82) is 0 Å². The Morgan fingerprint density at radius 1 is 1.19 bits per heavy atom. The van der Waals surface area contributed by atoms with Crippen LogP contribution in [0.4, 0.5) is 0 Å². The van der Waals surface area contributed by atoms with Crippen molar-refractivity contribution in [3.8, 4) is 22.8 Å². The number of hydrogen-bond acceptors (Lipinski definition) is 4. The molecular weight excluding hydrogens is 330 g/mol. The van der Waals surface area contributed by atoms with E-state index in [9.17, 15) is 4.79 Å². The van der Waals surface area contributed by atoms with Gasteiger partial charge in [-0.2, -0.15) is 0 Å². The van der Waals surface area contributed by atoms with Crippen molar-refractivity contribution < 1.29 is 19.0 Å². The number of nitrogens with zero attached hydrogens (tertiary/aromatic N) is 1. The van der Waals surface area contributed by atoms with E-state index in [0.29, 0.717) is 6.54 Å². The van der Waals surface area contributed by atoms with E-state index in [1.165, 1.54) is 18.1 Å². The fourth-order valence-electron chi connectivity index (χ4n) is 3.74. The van der Waals surface area contributed by atoms with Crippen LogP contribution in [0.25, 0.3) is 22.2 Å². The first-order valence-electron chi connectivity index (χ1n) is 8.62. The number of ether oxygens (including phenoxy) is 3. The zero-order chi connectivity index (χ0) is 18.3. The van der Waals surface area contributed by atoms with Gasteiger partial charge in [-0.05, 0) is 48.4 Å². The zero-order valence-electron chi connectivity index (χ0n) is 15.1. The summed E-state index contributed by atoms with van der Waals surface area (Å²) >= 11 is 0. The molecule has 1 aliphatic heterocycles. The van der Waals surface area contributed by atoms with E-state index in [2.05, 4.69) is 29.7 Å². The quantitative estimate of drug-likeness (QED) is 0.668. The van der Waals surface area contributed by atoms with Gasteiger partial charge in [-0.3, -0.25) is 4.79 Å². The van der Waals surface area contributed by atoms with E-state index in [1.807, 2.05) is 24.3 Å². The second-order valence-corrected chi connectivity index (χ2v) is 6.49. The first-order chi connectivity index (χ1) is 12.6. The number of esters is 1. The molecule has 5 nitrogen and oxygen atoms in total. The predicted molar refractivity (Wildman–Crippen MR) is 99.7 cm³/mol. The number of para-hydroxylation sites is 1. The van der Waals surface area contributed by atoms with E-state index < -0.39 is 0 Å². The smallest absolute Gasteiger partial charge is 0.309 e. The van der Waals surface area contributed by atoms with Crippen LogP contribution < -0.4 is 9.47 Å². The molecule has 1 aliphatic rings. The number of rotatable bonds is 4. The van der Waals surface area contributed by atoms with Crippen LogP contribution in [0.5, 0.6) is 11.5 Å². The lowest BCUT2D eigenvalue weighted by Gasteiger charge is -2.27. The molecule has 1 atom stereocenters. The summed E-state index contributed by atoms with van der Waals surface area (Å²) in [6.45, 7) is 2.74. The van der Waals surface area contributed by atoms with Crippen LogP contribution >= 0.6 is 0 Å². The van der Waals surface area contributed by atoms with Crippen molar-refractivity contribution in [2.24, 2.45) is 0 Å². The summed E-state index contributed by atoms with van der Waals surface area (Å²) in [6, 6.07) is 14.1. The van der Waals surface area contributed by atoms with Crippen LogP contribution in [0.2, 0.25) is 0 Å². The van der Waals surface area contributed by atoms with Gasteiger partial charge in [-0.15, -0.1) is 0 Å². The summed E-state index contributed by atoms with van der Waals surface area (Å²) in [5.41, 5.74) is 4.55. The largest absolute Gasteiger partial charge is 0.497 e. The molecule has 134 valence electrons. The second-order valence-electron chi connectivity index (χ2n) is 6.49. The summed E-state index contributed by atoms with van der Waals surface area (Å²) in [4.78, 5) is 11.7. The van der Waals surface area contributed by atoms with Crippen molar-refractivity contribution >= 4 is 16.9 Å². The van der Waals surface area contributed by atoms with Gasteiger partial charge < -0.3 is 18.8 Å². The first kappa shape index (κ1) is 16.5. The van der Waals surface area contributed by atoms with E-state index in [1.54, 1.807) is 7.11 Å². The molecule has 0 N–H and O–H groups in total. The molecular formula is C21H21NO4. The third-order valence-electron chi connectivity index (χ3n) is 4.96. The van der Waals surface area contributed by atoms with Crippen LogP contribution in [-0.2, 0) is 16.1 Å². The Hall–Kier alpha value is -2.95. The number of aromatic nitrogens is 1. The topological polar surface area (TPSA) is 49.7 Å². The van der Waals surface area contributed by atoms with Gasteiger partial charge in [0.25, 0.3) is 0 Å². The molecule has 2 heterocycles. The molecule has 0 saturated carbocycles. The highest BCUT2D eigenvalue weighted by Gasteiger charge is 2.28. The lowest BCUT2D eigenvalue weighted by molar-refractivity contribution is -0.142. The Balaban J connectivity index is 1.85. The maximum Gasteiger partial charge on any atom is 0.309 e. The van der Waals surface area contributed by atoms with Gasteiger partial charge in [0.1, 0.15) is 17.6 Å². The SMILES string of the molecule is COC(=O)CC1Cn2c(-c3ccc(OC)cc3)c(C)c3cccc(c32)O1. The highest BCUT2D eigenvalue weighted by molar-refractivity contribution is 5.95. The average molecular weight is 351 g/mol. The number of carbonyl (C=O) groups is 1. The maximum absolute atomic E-state index is 11.7. The molecule has 26 heavy (non-hydrogen) atoms. The van der Waals surface area contributed by atoms with E-state index in [-0.39, 0.29) is 18.5 Å². The predicted octanol–water partition coefficient (Wildman–Crippen LogP) is 3.95. The van der Waals surface area contributed by atoms with Crippen molar-refractivity contribution in [3.63, 3.8) is 0 Å². The number of benzene rings is 2. The number of aryl methyl sites for hydroxylation is 1. The molecule has 0 aliphatic carbocycles. The van der Waals surface area contributed by atoms with Crippen molar-refractivity contribution in [3.05, 3.63) is 48.0 Å². The molecule has 1 unspecified atom stereocenters. The molecule has 0 radical (unpaired) electrons. The fourth-order valence-corrected chi connectivity index (χ4v) is 3.74. The highest BCUT2D eigenvalue weighted by Crippen LogP contribution is 2.41. The molecule has 3 aromatic rings. The fraction of sp³-hybridized carbons (Fsp3) is 0.286. The number of hydrogen-bond donors (Lipinski definition) is 0. The summed E-state index contributed by atoms with van der Waals surface area (Å²) in [6.07, 6.45) is -0.0182. The van der Waals surface area contributed by atoms with Gasteiger partial charge in [-0.1, -0.05) is 12.1 Å². The highest BCUT2D eigenvalue weighted by atomic mass is 16.5.